The van der Waals surface area contributed by atoms with Crippen molar-refractivity contribution < 1.29 is 23.8 Å². The lowest BCUT2D eigenvalue weighted by atomic mass is 10.0. The van der Waals surface area contributed by atoms with Crippen LogP contribution in [-0.4, -0.2) is 25.3 Å². The highest BCUT2D eigenvalue weighted by Gasteiger charge is 2.09. The third-order valence-corrected chi connectivity index (χ3v) is 4.49. The Hall–Kier alpha value is -2.82. The van der Waals surface area contributed by atoms with E-state index in [2.05, 4.69) is 26.8 Å². The van der Waals surface area contributed by atoms with Crippen molar-refractivity contribution in [2.45, 2.75) is 59.8 Å². The highest BCUT2D eigenvalue weighted by molar-refractivity contribution is 5.87. The van der Waals surface area contributed by atoms with E-state index in [1.807, 2.05) is 19.1 Å². The summed E-state index contributed by atoms with van der Waals surface area (Å²) in [5.74, 6) is 0.398. The molecule has 5 nitrogen and oxygen atoms in total. The second-order valence-corrected chi connectivity index (χ2v) is 7.66. The second-order valence-electron chi connectivity index (χ2n) is 7.66. The van der Waals surface area contributed by atoms with Crippen LogP contribution in [-0.2, 0) is 14.3 Å². The summed E-state index contributed by atoms with van der Waals surface area (Å²) >= 11 is 0. The maximum atomic E-state index is 12.0. The molecular formula is C26H36O5. The molecule has 31 heavy (non-hydrogen) atoms. The predicted octanol–water partition coefficient (Wildman–Crippen LogP) is 6.89. The Labute approximate surface area is 186 Å². The molecule has 0 heterocycles. The summed E-state index contributed by atoms with van der Waals surface area (Å²) in [6, 6.07) is 6.95. The molecule has 1 aromatic carbocycles. The second kappa shape index (κ2) is 15.9. The molecule has 0 fully saturated rings. The highest BCUT2D eigenvalue weighted by atomic mass is 16.7. The molecule has 1 aromatic rings. The molecule has 0 saturated carbocycles. The van der Waals surface area contributed by atoms with Crippen molar-refractivity contribution in [1.82, 2.24) is 0 Å². The van der Waals surface area contributed by atoms with Gasteiger partial charge in [-0.05, 0) is 64.0 Å². The Kier molecular flexibility index (Phi) is 13.5. The highest BCUT2D eigenvalue weighted by Crippen LogP contribution is 2.20. The van der Waals surface area contributed by atoms with Crippen molar-refractivity contribution in [3.8, 4) is 5.75 Å². The molecule has 0 bridgehead atoms. The largest absolute Gasteiger partial charge is 0.513 e. The predicted molar refractivity (Wildman–Crippen MR) is 125 cm³/mol. The first-order chi connectivity index (χ1) is 14.9. The maximum absolute atomic E-state index is 12.0. The normalized spacial score (nSPS) is 12.0. The molecule has 0 spiro atoms. The molecular weight excluding hydrogens is 392 g/mol. The molecule has 1 rings (SSSR count). The fraction of sp³-hybridized carbons (Fsp3) is 0.462. The van der Waals surface area contributed by atoms with Crippen LogP contribution in [0.15, 0.2) is 54.1 Å². The lowest BCUT2D eigenvalue weighted by Crippen LogP contribution is -2.11. The van der Waals surface area contributed by atoms with Crippen LogP contribution in [0.2, 0.25) is 0 Å². The minimum Gasteiger partial charge on any atom is -0.463 e. The minimum absolute atomic E-state index is 0.256. The smallest absolute Gasteiger partial charge is 0.463 e. The first-order valence-electron chi connectivity index (χ1n) is 11.0. The Balaban J connectivity index is 2.44. The van der Waals surface area contributed by atoms with Gasteiger partial charge < -0.3 is 14.2 Å². The molecule has 5 heteroatoms. The van der Waals surface area contributed by atoms with E-state index in [9.17, 15) is 9.59 Å². The van der Waals surface area contributed by atoms with Gasteiger partial charge in [-0.15, -0.1) is 0 Å². The van der Waals surface area contributed by atoms with Crippen molar-refractivity contribution in [3.05, 3.63) is 59.7 Å². The van der Waals surface area contributed by atoms with E-state index in [4.69, 9.17) is 14.2 Å². The standard InChI is InChI=1S/C26H36O5/c1-5-6-7-10-19-30-26(28)31-24-15-9-8-14-23(24)16-17-25(27)29-20-18-22(4)13-11-12-21(2)3/h6-9,12,14-17,22H,5,10-11,13,18-20H2,1-4H3/b7-6+,17-16+. The number of para-hydroxylation sites is 1. The Morgan fingerprint density at radius 3 is 2.52 bits per heavy atom. The SMILES string of the molecule is CC/C=C/CCOC(=O)Oc1ccccc1/C=C/C(=O)OCCC(C)CCC=C(C)C. The quantitative estimate of drug-likeness (QED) is 0.113. The molecule has 0 amide bonds. The molecule has 0 radical (unpaired) electrons. The number of allylic oxidation sites excluding steroid dienone is 3. The number of esters is 1. The van der Waals surface area contributed by atoms with Crippen LogP contribution in [0.1, 0.15) is 65.4 Å². The molecule has 0 aliphatic carbocycles. The van der Waals surface area contributed by atoms with Crippen LogP contribution in [0, 0.1) is 5.92 Å². The lowest BCUT2D eigenvalue weighted by Gasteiger charge is -2.10. The van der Waals surface area contributed by atoms with Crippen LogP contribution in [0.5, 0.6) is 5.75 Å². The van der Waals surface area contributed by atoms with Crippen LogP contribution < -0.4 is 4.74 Å². The van der Waals surface area contributed by atoms with Crippen LogP contribution in [0.4, 0.5) is 4.79 Å². The van der Waals surface area contributed by atoms with E-state index in [0.717, 1.165) is 25.7 Å². The summed E-state index contributed by atoms with van der Waals surface area (Å²) in [5.41, 5.74) is 1.92. The van der Waals surface area contributed by atoms with Gasteiger partial charge in [0.25, 0.3) is 0 Å². The van der Waals surface area contributed by atoms with Gasteiger partial charge in [0.1, 0.15) is 5.75 Å². The van der Waals surface area contributed by atoms with E-state index >= 15 is 0 Å². The minimum atomic E-state index is -0.768. The van der Waals surface area contributed by atoms with Crippen LogP contribution in [0.3, 0.4) is 0 Å². The van der Waals surface area contributed by atoms with Gasteiger partial charge >= 0.3 is 12.1 Å². The molecule has 0 aliphatic rings. The van der Waals surface area contributed by atoms with E-state index in [-0.39, 0.29) is 6.61 Å². The molecule has 0 saturated heterocycles. The topological polar surface area (TPSA) is 61.8 Å². The van der Waals surface area contributed by atoms with E-state index < -0.39 is 12.1 Å². The summed E-state index contributed by atoms with van der Waals surface area (Å²) in [7, 11) is 0. The van der Waals surface area contributed by atoms with Crippen molar-refractivity contribution in [3.63, 3.8) is 0 Å². The summed E-state index contributed by atoms with van der Waals surface area (Å²) in [6.45, 7) is 9.03. The number of ether oxygens (including phenoxy) is 3. The van der Waals surface area contributed by atoms with Gasteiger partial charge in [0.2, 0.25) is 0 Å². The number of hydrogen-bond acceptors (Lipinski definition) is 5. The van der Waals surface area contributed by atoms with Gasteiger partial charge in [0, 0.05) is 11.6 Å². The average molecular weight is 429 g/mol. The van der Waals surface area contributed by atoms with E-state index in [0.29, 0.717) is 30.3 Å². The summed E-state index contributed by atoms with van der Waals surface area (Å²) < 4.78 is 15.6. The van der Waals surface area contributed by atoms with E-state index in [1.54, 1.807) is 30.3 Å². The monoisotopic (exact) mass is 428 g/mol. The number of rotatable bonds is 13. The van der Waals surface area contributed by atoms with Crippen molar-refractivity contribution >= 4 is 18.2 Å². The Bertz CT molecular complexity index is 757. The Morgan fingerprint density at radius 1 is 1.00 bits per heavy atom. The fourth-order valence-corrected chi connectivity index (χ4v) is 2.69. The molecule has 1 atom stereocenters. The summed E-state index contributed by atoms with van der Waals surface area (Å²) in [5, 5.41) is 0. The zero-order valence-corrected chi connectivity index (χ0v) is 19.3. The molecule has 0 aliphatic heterocycles. The van der Waals surface area contributed by atoms with Gasteiger partial charge in [-0.2, -0.15) is 0 Å². The molecule has 1 unspecified atom stereocenters. The van der Waals surface area contributed by atoms with Gasteiger partial charge in [-0.3, -0.25) is 0 Å². The average Bonchev–Trinajstić information content (AvgIpc) is 2.72. The number of hydrogen-bond donors (Lipinski definition) is 0. The van der Waals surface area contributed by atoms with Gasteiger partial charge in [0.15, 0.2) is 0 Å². The lowest BCUT2D eigenvalue weighted by molar-refractivity contribution is -0.138. The molecule has 0 aromatic heterocycles. The van der Waals surface area contributed by atoms with E-state index in [1.165, 1.54) is 11.6 Å². The first-order valence-corrected chi connectivity index (χ1v) is 11.0. The Morgan fingerprint density at radius 2 is 1.77 bits per heavy atom. The summed E-state index contributed by atoms with van der Waals surface area (Å²) in [4.78, 5) is 23.9. The number of carbonyl (C=O) groups is 2. The summed E-state index contributed by atoms with van der Waals surface area (Å²) in [6.07, 6.45) is 12.9. The maximum Gasteiger partial charge on any atom is 0.513 e. The molecule has 170 valence electrons. The molecule has 0 N–H and O–H groups in total. The van der Waals surface area contributed by atoms with Crippen molar-refractivity contribution in [2.75, 3.05) is 13.2 Å². The zero-order valence-electron chi connectivity index (χ0n) is 19.3. The van der Waals surface area contributed by atoms with Crippen molar-refractivity contribution in [2.24, 2.45) is 5.92 Å². The zero-order chi connectivity index (χ0) is 22.9. The third kappa shape index (κ3) is 13.2. The van der Waals surface area contributed by atoms with Gasteiger partial charge in [-0.25, -0.2) is 9.59 Å². The van der Waals surface area contributed by atoms with Gasteiger partial charge in [0.05, 0.1) is 13.2 Å². The number of carbonyl (C=O) groups excluding carboxylic acids is 2. The third-order valence-electron chi connectivity index (χ3n) is 4.49. The van der Waals surface area contributed by atoms with Crippen LogP contribution in [0.25, 0.3) is 6.08 Å². The van der Waals surface area contributed by atoms with Crippen molar-refractivity contribution in [1.29, 1.82) is 0 Å². The fourth-order valence-electron chi connectivity index (χ4n) is 2.69. The van der Waals surface area contributed by atoms with Crippen LogP contribution >= 0.6 is 0 Å². The van der Waals surface area contributed by atoms with Gasteiger partial charge in [-0.1, -0.05) is 55.8 Å². The first kappa shape index (κ1) is 26.2. The number of benzene rings is 1.